The first-order valence-corrected chi connectivity index (χ1v) is 3.63. The predicted molar refractivity (Wildman–Crippen MR) is 42.7 cm³/mol. The van der Waals surface area contributed by atoms with Gasteiger partial charge in [0, 0.05) is 25.4 Å². The third kappa shape index (κ3) is 2.61. The monoisotopic (exact) mass is 169 g/mol. The maximum atomic E-state index is 10.6. The van der Waals surface area contributed by atoms with Crippen molar-refractivity contribution in [1.82, 2.24) is 15.3 Å². The minimum absolute atomic E-state index is 0.415. The molecule has 5 heteroatoms. The first kappa shape index (κ1) is 8.58. The quantitative estimate of drug-likeness (QED) is 0.684. The predicted octanol–water partition coefficient (Wildman–Crippen LogP) is 0.308. The van der Waals surface area contributed by atoms with E-state index in [1.54, 1.807) is 12.4 Å². The number of amides is 1. The number of nitrogens with zero attached hydrogens (tertiary/aromatic N) is 1. The van der Waals surface area contributed by atoms with Crippen LogP contribution in [-0.4, -0.2) is 29.7 Å². The Bertz CT molecular complexity index is 233. The molecule has 1 amide bonds. The lowest BCUT2D eigenvalue weighted by Crippen LogP contribution is -2.25. The third-order valence-corrected chi connectivity index (χ3v) is 1.37. The first-order chi connectivity index (χ1) is 5.83. The van der Waals surface area contributed by atoms with Crippen LogP contribution in [0.15, 0.2) is 12.4 Å². The smallest absolute Gasteiger partial charge is 0.406 e. The summed E-state index contributed by atoms with van der Waals surface area (Å²) in [5, 5.41) is 2.55. The minimum atomic E-state index is -0.415. The topological polar surface area (TPSA) is 67.0 Å². The number of H-pyrrole nitrogens is 1. The van der Waals surface area contributed by atoms with E-state index >= 15 is 0 Å². The number of ether oxygens (including phenoxy) is 1. The average molecular weight is 169 g/mol. The Morgan fingerprint density at radius 2 is 2.67 bits per heavy atom. The molecule has 2 N–H and O–H groups in total. The van der Waals surface area contributed by atoms with E-state index in [0.717, 1.165) is 5.82 Å². The van der Waals surface area contributed by atoms with Gasteiger partial charge in [0.05, 0.1) is 7.11 Å². The number of carbonyl (C=O) groups excluding carboxylic acids is 1. The van der Waals surface area contributed by atoms with E-state index in [1.165, 1.54) is 7.11 Å². The Balaban J connectivity index is 2.15. The van der Waals surface area contributed by atoms with Crippen molar-refractivity contribution < 1.29 is 9.53 Å². The van der Waals surface area contributed by atoms with Crippen LogP contribution in [0.1, 0.15) is 5.82 Å². The second-order valence-electron chi connectivity index (χ2n) is 2.20. The summed E-state index contributed by atoms with van der Waals surface area (Å²) in [4.78, 5) is 17.5. The number of hydrogen-bond donors (Lipinski definition) is 2. The molecule has 0 bridgehead atoms. The van der Waals surface area contributed by atoms with Crippen LogP contribution < -0.4 is 5.32 Å². The zero-order valence-corrected chi connectivity index (χ0v) is 6.83. The summed E-state index contributed by atoms with van der Waals surface area (Å²) in [6.45, 7) is 0.528. The van der Waals surface area contributed by atoms with Gasteiger partial charge in [-0.2, -0.15) is 0 Å². The van der Waals surface area contributed by atoms with Crippen LogP contribution in [0, 0.1) is 0 Å². The van der Waals surface area contributed by atoms with Crippen molar-refractivity contribution in [3.05, 3.63) is 18.2 Å². The lowest BCUT2D eigenvalue weighted by atomic mass is 10.4. The molecule has 0 saturated heterocycles. The highest BCUT2D eigenvalue weighted by Gasteiger charge is 1.98. The number of nitrogens with one attached hydrogen (secondary N) is 2. The highest BCUT2D eigenvalue weighted by molar-refractivity contribution is 5.66. The Morgan fingerprint density at radius 3 is 3.25 bits per heavy atom. The van der Waals surface area contributed by atoms with Crippen molar-refractivity contribution in [2.24, 2.45) is 0 Å². The second kappa shape index (κ2) is 4.38. The molecule has 66 valence electrons. The molecule has 0 fully saturated rings. The fraction of sp³-hybridized carbons (Fsp3) is 0.429. The van der Waals surface area contributed by atoms with Crippen molar-refractivity contribution >= 4 is 6.09 Å². The molecule has 0 atom stereocenters. The summed E-state index contributed by atoms with van der Waals surface area (Å²) in [5.41, 5.74) is 0. The Morgan fingerprint density at radius 1 is 1.83 bits per heavy atom. The van der Waals surface area contributed by atoms with E-state index in [9.17, 15) is 4.79 Å². The van der Waals surface area contributed by atoms with Crippen LogP contribution in [0.4, 0.5) is 4.79 Å². The lowest BCUT2D eigenvalue weighted by molar-refractivity contribution is 0.171. The zero-order chi connectivity index (χ0) is 8.81. The first-order valence-electron chi connectivity index (χ1n) is 3.63. The number of carbonyl (C=O) groups is 1. The molecule has 0 spiro atoms. The summed E-state index contributed by atoms with van der Waals surface area (Å²) < 4.78 is 4.39. The molecule has 5 nitrogen and oxygen atoms in total. The van der Waals surface area contributed by atoms with Crippen molar-refractivity contribution in [1.29, 1.82) is 0 Å². The van der Waals surface area contributed by atoms with Crippen LogP contribution in [0.2, 0.25) is 0 Å². The fourth-order valence-corrected chi connectivity index (χ4v) is 0.790. The van der Waals surface area contributed by atoms with Gasteiger partial charge in [-0.3, -0.25) is 0 Å². The molecule has 1 aromatic rings. The molecule has 12 heavy (non-hydrogen) atoms. The lowest BCUT2D eigenvalue weighted by Gasteiger charge is -2.00. The highest BCUT2D eigenvalue weighted by atomic mass is 16.5. The van der Waals surface area contributed by atoms with Gasteiger partial charge in [-0.25, -0.2) is 9.78 Å². The van der Waals surface area contributed by atoms with Crippen LogP contribution in [0.25, 0.3) is 0 Å². The van der Waals surface area contributed by atoms with Gasteiger partial charge in [-0.15, -0.1) is 0 Å². The number of aromatic nitrogens is 2. The van der Waals surface area contributed by atoms with E-state index in [4.69, 9.17) is 0 Å². The van der Waals surface area contributed by atoms with E-state index in [-0.39, 0.29) is 0 Å². The standard InChI is InChI=1S/C7H11N3O2/c1-12-7(11)10-3-2-6-8-4-5-9-6/h4-5H,2-3H2,1H3,(H,8,9)(H,10,11). The number of hydrogen-bond acceptors (Lipinski definition) is 3. The maximum absolute atomic E-state index is 10.6. The molecule has 0 saturated carbocycles. The van der Waals surface area contributed by atoms with E-state index < -0.39 is 6.09 Å². The van der Waals surface area contributed by atoms with E-state index in [1.807, 2.05) is 0 Å². The molecular weight excluding hydrogens is 158 g/mol. The summed E-state index contributed by atoms with van der Waals surface area (Å²) >= 11 is 0. The van der Waals surface area contributed by atoms with E-state index in [0.29, 0.717) is 13.0 Å². The molecule has 0 aliphatic heterocycles. The summed E-state index contributed by atoms with van der Waals surface area (Å²) in [6.07, 6.45) is 3.69. The Hall–Kier alpha value is -1.52. The fourth-order valence-electron chi connectivity index (χ4n) is 0.790. The van der Waals surface area contributed by atoms with Gasteiger partial charge in [0.1, 0.15) is 5.82 Å². The van der Waals surface area contributed by atoms with Gasteiger partial charge in [-0.1, -0.05) is 0 Å². The molecule has 0 aliphatic carbocycles. The molecule has 0 radical (unpaired) electrons. The third-order valence-electron chi connectivity index (χ3n) is 1.37. The highest BCUT2D eigenvalue weighted by Crippen LogP contribution is 1.87. The van der Waals surface area contributed by atoms with Crippen molar-refractivity contribution in [2.45, 2.75) is 6.42 Å². The van der Waals surface area contributed by atoms with Gasteiger partial charge in [-0.05, 0) is 0 Å². The van der Waals surface area contributed by atoms with Gasteiger partial charge in [0.15, 0.2) is 0 Å². The maximum Gasteiger partial charge on any atom is 0.406 e. The number of imidazole rings is 1. The molecule has 0 unspecified atom stereocenters. The zero-order valence-electron chi connectivity index (χ0n) is 6.83. The number of aromatic amines is 1. The van der Waals surface area contributed by atoms with Gasteiger partial charge in [0.25, 0.3) is 0 Å². The van der Waals surface area contributed by atoms with Gasteiger partial charge >= 0.3 is 6.09 Å². The SMILES string of the molecule is COC(=O)NCCc1ncc[nH]1. The van der Waals surface area contributed by atoms with Crippen molar-refractivity contribution in [3.8, 4) is 0 Å². The Labute approximate surface area is 70.1 Å². The summed E-state index contributed by atoms with van der Waals surface area (Å²) in [5.74, 6) is 0.853. The van der Waals surface area contributed by atoms with Crippen LogP contribution in [-0.2, 0) is 11.2 Å². The number of alkyl carbamates (subject to hydrolysis) is 1. The molecular formula is C7H11N3O2. The minimum Gasteiger partial charge on any atom is -0.453 e. The van der Waals surface area contributed by atoms with Crippen LogP contribution in [0.5, 0.6) is 0 Å². The van der Waals surface area contributed by atoms with Crippen LogP contribution in [0.3, 0.4) is 0 Å². The molecule has 1 aromatic heterocycles. The number of methoxy groups -OCH3 is 1. The molecule has 1 heterocycles. The summed E-state index contributed by atoms with van der Waals surface area (Å²) in [7, 11) is 1.34. The average Bonchev–Trinajstić information content (AvgIpc) is 2.57. The second-order valence-corrected chi connectivity index (χ2v) is 2.20. The normalized spacial score (nSPS) is 9.42. The van der Waals surface area contributed by atoms with Crippen molar-refractivity contribution in [3.63, 3.8) is 0 Å². The summed E-state index contributed by atoms with van der Waals surface area (Å²) in [6, 6.07) is 0. The van der Waals surface area contributed by atoms with E-state index in [2.05, 4.69) is 20.0 Å². The van der Waals surface area contributed by atoms with Gasteiger partial charge in [0.2, 0.25) is 0 Å². The van der Waals surface area contributed by atoms with Gasteiger partial charge < -0.3 is 15.0 Å². The molecule has 1 rings (SSSR count). The largest absolute Gasteiger partial charge is 0.453 e. The molecule has 0 aliphatic rings. The Kier molecular flexibility index (Phi) is 3.13. The molecule has 0 aromatic carbocycles. The van der Waals surface area contributed by atoms with Crippen molar-refractivity contribution in [2.75, 3.05) is 13.7 Å². The van der Waals surface area contributed by atoms with Crippen LogP contribution >= 0.6 is 0 Å². The number of rotatable bonds is 3.